The van der Waals surface area contributed by atoms with Crippen LogP contribution in [0.4, 0.5) is 8.78 Å². The van der Waals surface area contributed by atoms with Gasteiger partial charge in [0.2, 0.25) is 0 Å². The minimum atomic E-state index is -2.54. The molecule has 6 heteroatoms. The van der Waals surface area contributed by atoms with Crippen molar-refractivity contribution in [3.05, 3.63) is 26.6 Å². The predicted octanol–water partition coefficient (Wildman–Crippen LogP) is 3.58. The summed E-state index contributed by atoms with van der Waals surface area (Å²) in [5.41, 5.74) is 0.839. The summed E-state index contributed by atoms with van der Waals surface area (Å²) in [4.78, 5) is 4.08. The molecule has 0 aromatic carbocycles. The molecule has 0 aliphatic carbocycles. The molecule has 1 heterocycles. The Morgan fingerprint density at radius 1 is 1.60 bits per heavy atom. The average Bonchev–Trinajstić information content (AvgIpc) is 2.17. The third kappa shape index (κ3) is 3.08. The van der Waals surface area contributed by atoms with Crippen LogP contribution < -0.4 is 0 Å². The molecule has 0 atom stereocenters. The van der Waals surface area contributed by atoms with Gasteiger partial charge in [0, 0.05) is 16.5 Å². The van der Waals surface area contributed by atoms with E-state index in [-0.39, 0.29) is 12.0 Å². The molecule has 80 valence electrons. The minimum absolute atomic E-state index is 0.0449. The maximum Gasteiger partial charge on any atom is 0.264 e. The summed E-state index contributed by atoms with van der Waals surface area (Å²) in [5, 5.41) is 8.82. The quantitative estimate of drug-likeness (QED) is 0.452. The SMILES string of the molecule is N#CCc1cc(C(F)F)c(CBr)c(I)n1. The lowest BCUT2D eigenvalue weighted by atomic mass is 10.1. The number of rotatable bonds is 3. The van der Waals surface area contributed by atoms with Crippen molar-refractivity contribution in [3.8, 4) is 6.07 Å². The first-order valence-corrected chi connectivity index (χ1v) is 6.19. The zero-order valence-corrected chi connectivity index (χ0v) is 11.2. The Bertz CT molecular complexity index is 404. The third-order valence-electron chi connectivity index (χ3n) is 1.79. The molecular formula is C9H6BrF2IN2. The normalized spacial score (nSPS) is 10.4. The number of pyridine rings is 1. The Morgan fingerprint density at radius 3 is 2.73 bits per heavy atom. The van der Waals surface area contributed by atoms with Gasteiger partial charge in [-0.25, -0.2) is 13.8 Å². The fraction of sp³-hybridized carbons (Fsp3) is 0.333. The summed E-state index contributed by atoms with van der Waals surface area (Å²) in [6.07, 6.45) is -2.48. The maximum atomic E-state index is 12.7. The number of nitriles is 1. The highest BCUT2D eigenvalue weighted by Crippen LogP contribution is 2.28. The van der Waals surface area contributed by atoms with E-state index < -0.39 is 6.43 Å². The van der Waals surface area contributed by atoms with Gasteiger partial charge in [0.25, 0.3) is 6.43 Å². The van der Waals surface area contributed by atoms with E-state index >= 15 is 0 Å². The van der Waals surface area contributed by atoms with E-state index in [4.69, 9.17) is 5.26 Å². The van der Waals surface area contributed by atoms with Crippen LogP contribution in [0.25, 0.3) is 0 Å². The Labute approximate surface area is 108 Å². The van der Waals surface area contributed by atoms with Gasteiger partial charge in [0.1, 0.15) is 3.70 Å². The Kier molecular flexibility index (Phi) is 4.86. The highest BCUT2D eigenvalue weighted by molar-refractivity contribution is 14.1. The summed E-state index contributed by atoms with van der Waals surface area (Å²) < 4.78 is 25.9. The number of hydrogen-bond donors (Lipinski definition) is 0. The van der Waals surface area contributed by atoms with Crippen molar-refractivity contribution < 1.29 is 8.78 Å². The lowest BCUT2D eigenvalue weighted by Gasteiger charge is -2.09. The van der Waals surface area contributed by atoms with Crippen LogP contribution in [0, 0.1) is 15.0 Å². The molecular weight excluding hydrogens is 381 g/mol. The van der Waals surface area contributed by atoms with Crippen molar-refractivity contribution in [2.75, 3.05) is 0 Å². The lowest BCUT2D eigenvalue weighted by Crippen LogP contribution is -2.02. The molecule has 1 aromatic rings. The first kappa shape index (κ1) is 12.8. The van der Waals surface area contributed by atoms with Gasteiger partial charge >= 0.3 is 0 Å². The van der Waals surface area contributed by atoms with Crippen LogP contribution in [0.1, 0.15) is 23.2 Å². The van der Waals surface area contributed by atoms with Crippen molar-refractivity contribution in [3.63, 3.8) is 0 Å². The van der Waals surface area contributed by atoms with Gasteiger partial charge in [0.15, 0.2) is 0 Å². The molecule has 0 amide bonds. The molecule has 0 N–H and O–H groups in total. The van der Waals surface area contributed by atoms with Crippen molar-refractivity contribution in [1.82, 2.24) is 4.98 Å². The van der Waals surface area contributed by atoms with Gasteiger partial charge < -0.3 is 0 Å². The van der Waals surface area contributed by atoms with E-state index in [1.54, 1.807) is 0 Å². The summed E-state index contributed by atoms with van der Waals surface area (Å²) >= 11 is 5.05. The second kappa shape index (κ2) is 5.70. The molecule has 0 spiro atoms. The summed E-state index contributed by atoms with van der Waals surface area (Å²) in [6.45, 7) is 0. The molecule has 0 aliphatic heterocycles. The minimum Gasteiger partial charge on any atom is -0.245 e. The molecule has 0 bridgehead atoms. The van der Waals surface area contributed by atoms with Crippen molar-refractivity contribution in [2.24, 2.45) is 0 Å². The van der Waals surface area contributed by atoms with Crippen LogP contribution in [0.15, 0.2) is 6.07 Å². The van der Waals surface area contributed by atoms with E-state index in [0.717, 1.165) is 0 Å². The van der Waals surface area contributed by atoms with Gasteiger partial charge in [-0.05, 0) is 28.7 Å². The Hall–Kier alpha value is -0.290. The van der Waals surface area contributed by atoms with E-state index in [1.807, 2.05) is 28.7 Å². The second-order valence-electron chi connectivity index (χ2n) is 2.74. The zero-order valence-electron chi connectivity index (χ0n) is 7.48. The van der Waals surface area contributed by atoms with Crippen LogP contribution in [-0.4, -0.2) is 4.98 Å². The highest BCUT2D eigenvalue weighted by Gasteiger charge is 2.17. The van der Waals surface area contributed by atoms with Crippen molar-refractivity contribution in [2.45, 2.75) is 18.2 Å². The lowest BCUT2D eigenvalue weighted by molar-refractivity contribution is 0.150. The van der Waals surface area contributed by atoms with Crippen LogP contribution in [0.2, 0.25) is 0 Å². The van der Waals surface area contributed by atoms with Gasteiger partial charge in [-0.1, -0.05) is 15.9 Å². The fourth-order valence-corrected chi connectivity index (χ4v) is 3.04. The van der Waals surface area contributed by atoms with E-state index in [0.29, 0.717) is 20.3 Å². The zero-order chi connectivity index (χ0) is 11.4. The maximum absolute atomic E-state index is 12.7. The van der Waals surface area contributed by atoms with E-state index in [2.05, 4.69) is 20.9 Å². The molecule has 0 saturated carbocycles. The first-order valence-electron chi connectivity index (χ1n) is 3.99. The molecule has 15 heavy (non-hydrogen) atoms. The van der Waals surface area contributed by atoms with Gasteiger partial charge in [-0.2, -0.15) is 5.26 Å². The smallest absolute Gasteiger partial charge is 0.245 e. The topological polar surface area (TPSA) is 36.7 Å². The van der Waals surface area contributed by atoms with Crippen LogP contribution >= 0.6 is 38.5 Å². The molecule has 0 saturated heterocycles. The molecule has 0 radical (unpaired) electrons. The predicted molar refractivity (Wildman–Crippen MR) is 63.9 cm³/mol. The Morgan fingerprint density at radius 2 is 2.27 bits per heavy atom. The van der Waals surface area contributed by atoms with Gasteiger partial charge in [0.05, 0.1) is 18.2 Å². The number of hydrogen-bond acceptors (Lipinski definition) is 2. The number of halogens is 4. The van der Waals surface area contributed by atoms with E-state index in [1.165, 1.54) is 6.07 Å². The molecule has 0 unspecified atom stereocenters. The number of alkyl halides is 3. The van der Waals surface area contributed by atoms with E-state index in [9.17, 15) is 8.78 Å². The van der Waals surface area contributed by atoms with Crippen LogP contribution in [-0.2, 0) is 11.8 Å². The van der Waals surface area contributed by atoms with Crippen molar-refractivity contribution >= 4 is 38.5 Å². The third-order valence-corrected chi connectivity index (χ3v) is 3.24. The summed E-state index contributed by atoms with van der Waals surface area (Å²) in [6, 6.07) is 3.19. The Balaban J connectivity index is 3.27. The molecule has 2 nitrogen and oxygen atoms in total. The monoisotopic (exact) mass is 386 g/mol. The number of aromatic nitrogens is 1. The molecule has 1 rings (SSSR count). The average molecular weight is 387 g/mol. The van der Waals surface area contributed by atoms with Gasteiger partial charge in [-0.15, -0.1) is 0 Å². The number of nitrogens with zero attached hydrogens (tertiary/aromatic N) is 2. The first-order chi connectivity index (χ1) is 7.10. The highest BCUT2D eigenvalue weighted by atomic mass is 127. The molecule has 1 aromatic heterocycles. The summed E-state index contributed by atoms with van der Waals surface area (Å²) in [7, 11) is 0. The van der Waals surface area contributed by atoms with Crippen molar-refractivity contribution in [1.29, 1.82) is 5.26 Å². The van der Waals surface area contributed by atoms with Crippen LogP contribution in [0.3, 0.4) is 0 Å². The van der Waals surface area contributed by atoms with Gasteiger partial charge in [-0.3, -0.25) is 0 Å². The molecule has 0 fully saturated rings. The second-order valence-corrected chi connectivity index (χ2v) is 4.32. The fourth-order valence-electron chi connectivity index (χ4n) is 1.11. The van der Waals surface area contributed by atoms with Crippen LogP contribution in [0.5, 0.6) is 0 Å². The molecule has 0 aliphatic rings. The largest absolute Gasteiger partial charge is 0.264 e. The summed E-state index contributed by atoms with van der Waals surface area (Å²) in [5.74, 6) is 0. The standard InChI is InChI=1S/C9H6BrF2IN2/c10-4-7-6(8(11)12)3-5(1-2-14)15-9(7)13/h3,8H,1,4H2.